The average molecular weight is 419 g/mol. The topological polar surface area (TPSA) is 70.2 Å². The van der Waals surface area contributed by atoms with Crippen LogP contribution in [0.25, 0.3) is 11.3 Å². The second-order valence-electron chi connectivity index (χ2n) is 7.36. The van der Waals surface area contributed by atoms with Crippen molar-refractivity contribution in [3.8, 4) is 11.3 Å². The molecule has 7 heteroatoms. The summed E-state index contributed by atoms with van der Waals surface area (Å²) in [5.74, 6) is -0.261. The van der Waals surface area contributed by atoms with Gasteiger partial charge in [-0.1, -0.05) is 35.5 Å². The number of nitrogens with zero attached hydrogens (tertiary/aromatic N) is 3. The zero-order valence-corrected chi connectivity index (χ0v) is 17.6. The molecule has 0 spiro atoms. The fourth-order valence-electron chi connectivity index (χ4n) is 3.48. The van der Waals surface area contributed by atoms with E-state index in [0.717, 1.165) is 16.8 Å². The molecule has 2 aromatic carbocycles. The zero-order valence-electron chi connectivity index (χ0n) is 17.6. The first-order valence-corrected chi connectivity index (χ1v) is 9.90. The van der Waals surface area contributed by atoms with Gasteiger partial charge in [0.1, 0.15) is 23.7 Å². The van der Waals surface area contributed by atoms with Crippen molar-refractivity contribution in [1.82, 2.24) is 14.9 Å². The summed E-state index contributed by atoms with van der Waals surface area (Å²) in [5.41, 5.74) is 4.87. The number of carbonyl (C=O) groups is 1. The van der Waals surface area contributed by atoms with Gasteiger partial charge in [-0.15, -0.1) is 0 Å². The quantitative estimate of drug-likeness (QED) is 0.411. The summed E-state index contributed by atoms with van der Waals surface area (Å²) in [6.07, 6.45) is 0. The third-order valence-corrected chi connectivity index (χ3v) is 5.23. The van der Waals surface area contributed by atoms with Crippen molar-refractivity contribution in [1.29, 1.82) is 0 Å². The Hall–Kier alpha value is -3.74. The molecule has 0 radical (unpaired) electrons. The lowest BCUT2D eigenvalue weighted by atomic mass is 10.1. The van der Waals surface area contributed by atoms with Crippen LogP contribution in [0.2, 0.25) is 0 Å². The maximum absolute atomic E-state index is 13.2. The largest absolute Gasteiger partial charge is 0.455 e. The molecule has 0 fully saturated rings. The van der Waals surface area contributed by atoms with E-state index in [9.17, 15) is 9.18 Å². The highest BCUT2D eigenvalue weighted by molar-refractivity contribution is 5.91. The summed E-state index contributed by atoms with van der Waals surface area (Å²) in [4.78, 5) is 12.8. The predicted molar refractivity (Wildman–Crippen MR) is 113 cm³/mol. The Labute approximate surface area is 179 Å². The third kappa shape index (κ3) is 4.26. The van der Waals surface area contributed by atoms with Gasteiger partial charge in [-0.05, 0) is 50.6 Å². The smallest absolute Gasteiger partial charge is 0.342 e. The molecular weight excluding hydrogens is 397 g/mol. The van der Waals surface area contributed by atoms with Crippen LogP contribution in [0.5, 0.6) is 0 Å². The van der Waals surface area contributed by atoms with Crippen molar-refractivity contribution in [3.63, 3.8) is 0 Å². The van der Waals surface area contributed by atoms with Crippen LogP contribution in [0, 0.1) is 26.6 Å². The molecule has 0 N–H and O–H groups in total. The van der Waals surface area contributed by atoms with Crippen molar-refractivity contribution in [2.45, 2.75) is 33.9 Å². The second kappa shape index (κ2) is 8.55. The van der Waals surface area contributed by atoms with Gasteiger partial charge in [0.15, 0.2) is 5.76 Å². The van der Waals surface area contributed by atoms with Crippen molar-refractivity contribution in [2.75, 3.05) is 0 Å². The molecule has 2 aromatic heterocycles. The third-order valence-electron chi connectivity index (χ3n) is 5.23. The highest BCUT2D eigenvalue weighted by atomic mass is 19.1. The van der Waals surface area contributed by atoms with Crippen molar-refractivity contribution < 1.29 is 18.4 Å². The molecule has 4 aromatic rings. The summed E-state index contributed by atoms with van der Waals surface area (Å²) < 4.78 is 25.9. The van der Waals surface area contributed by atoms with Crippen LogP contribution in [-0.2, 0) is 17.9 Å². The standard InChI is InChI=1S/C24H22FN3O3/c1-15-21(27-31-23(15)19-9-11-20(25)12-10-19)14-30-24(29)22-16(2)26-28(17(22)3)13-18-7-5-4-6-8-18/h4-12H,13-14H2,1-3H3. The lowest BCUT2D eigenvalue weighted by Crippen LogP contribution is -2.09. The van der Waals surface area contributed by atoms with Gasteiger partial charge in [-0.2, -0.15) is 5.10 Å². The Morgan fingerprint density at radius 2 is 1.77 bits per heavy atom. The van der Waals surface area contributed by atoms with Crippen LogP contribution in [0.15, 0.2) is 59.1 Å². The minimum absolute atomic E-state index is 0.0297. The second-order valence-corrected chi connectivity index (χ2v) is 7.36. The lowest BCUT2D eigenvalue weighted by Gasteiger charge is -2.06. The normalized spacial score (nSPS) is 11.0. The number of carbonyl (C=O) groups excluding carboxylic acids is 1. The molecular formula is C24H22FN3O3. The fraction of sp³-hybridized carbons (Fsp3) is 0.208. The van der Waals surface area contributed by atoms with Gasteiger partial charge in [0.2, 0.25) is 0 Å². The molecule has 0 aliphatic rings. The van der Waals surface area contributed by atoms with E-state index in [0.29, 0.717) is 34.8 Å². The van der Waals surface area contributed by atoms with Crippen molar-refractivity contribution in [3.05, 3.63) is 94.2 Å². The van der Waals surface area contributed by atoms with Crippen LogP contribution < -0.4 is 0 Å². The fourth-order valence-corrected chi connectivity index (χ4v) is 3.48. The number of hydrogen-bond donors (Lipinski definition) is 0. The molecule has 4 rings (SSSR count). The van der Waals surface area contributed by atoms with Gasteiger partial charge < -0.3 is 9.26 Å². The molecule has 0 saturated heterocycles. The van der Waals surface area contributed by atoms with Gasteiger partial charge in [0.05, 0.1) is 17.9 Å². The number of aryl methyl sites for hydroxylation is 1. The molecule has 0 unspecified atom stereocenters. The summed E-state index contributed by atoms with van der Waals surface area (Å²) in [6, 6.07) is 15.9. The number of aromatic nitrogens is 3. The van der Waals surface area contributed by atoms with Crippen LogP contribution in [0.1, 0.15) is 38.6 Å². The molecule has 0 saturated carbocycles. The SMILES string of the molecule is Cc1nn(Cc2ccccc2)c(C)c1C(=O)OCc1noc(-c2ccc(F)cc2)c1C. The molecule has 6 nitrogen and oxygen atoms in total. The van der Waals surface area contributed by atoms with E-state index >= 15 is 0 Å². The molecule has 31 heavy (non-hydrogen) atoms. The number of benzene rings is 2. The minimum atomic E-state index is -0.458. The summed E-state index contributed by atoms with van der Waals surface area (Å²) in [7, 11) is 0. The van der Waals surface area contributed by atoms with E-state index in [2.05, 4.69) is 10.3 Å². The minimum Gasteiger partial charge on any atom is -0.455 e. The molecule has 0 atom stereocenters. The summed E-state index contributed by atoms with van der Waals surface area (Å²) >= 11 is 0. The Morgan fingerprint density at radius 1 is 1.06 bits per heavy atom. The molecule has 2 heterocycles. The van der Waals surface area contributed by atoms with Crippen LogP contribution in [0.3, 0.4) is 0 Å². The van der Waals surface area contributed by atoms with E-state index in [1.165, 1.54) is 12.1 Å². The van der Waals surface area contributed by atoms with Gasteiger partial charge in [-0.3, -0.25) is 4.68 Å². The highest BCUT2D eigenvalue weighted by Crippen LogP contribution is 2.26. The van der Waals surface area contributed by atoms with E-state index in [-0.39, 0.29) is 12.4 Å². The molecule has 0 aliphatic carbocycles. The number of halogens is 1. The van der Waals surface area contributed by atoms with Crippen molar-refractivity contribution >= 4 is 5.97 Å². The van der Waals surface area contributed by atoms with Crippen LogP contribution in [0.4, 0.5) is 4.39 Å². The van der Waals surface area contributed by atoms with E-state index in [1.54, 1.807) is 23.7 Å². The Balaban J connectivity index is 1.48. The summed E-state index contributed by atoms with van der Waals surface area (Å²) in [6.45, 7) is 6.02. The Kier molecular flexibility index (Phi) is 5.66. The maximum Gasteiger partial charge on any atom is 0.342 e. The average Bonchev–Trinajstić information content (AvgIpc) is 3.26. The first-order valence-electron chi connectivity index (χ1n) is 9.90. The summed E-state index contributed by atoms with van der Waals surface area (Å²) in [5, 5.41) is 8.52. The number of esters is 1. The monoisotopic (exact) mass is 419 g/mol. The van der Waals surface area contributed by atoms with Gasteiger partial charge in [-0.25, -0.2) is 9.18 Å². The van der Waals surface area contributed by atoms with E-state index in [4.69, 9.17) is 9.26 Å². The predicted octanol–water partition coefficient (Wildman–Crippen LogP) is 5.01. The maximum atomic E-state index is 13.2. The van der Waals surface area contributed by atoms with Crippen LogP contribution >= 0.6 is 0 Å². The molecule has 0 bridgehead atoms. The number of hydrogen-bond acceptors (Lipinski definition) is 5. The first kappa shape index (κ1) is 20.5. The van der Waals surface area contributed by atoms with Gasteiger partial charge in [0.25, 0.3) is 0 Å². The molecule has 0 amide bonds. The molecule has 158 valence electrons. The zero-order chi connectivity index (χ0) is 22.0. The van der Waals surface area contributed by atoms with Gasteiger partial charge >= 0.3 is 5.97 Å². The van der Waals surface area contributed by atoms with E-state index in [1.807, 2.05) is 44.2 Å². The first-order chi connectivity index (χ1) is 14.9. The Morgan fingerprint density at radius 3 is 2.48 bits per heavy atom. The van der Waals surface area contributed by atoms with E-state index < -0.39 is 5.97 Å². The lowest BCUT2D eigenvalue weighted by molar-refractivity contribution is 0.0462. The van der Waals surface area contributed by atoms with Crippen molar-refractivity contribution in [2.24, 2.45) is 0 Å². The Bertz CT molecular complexity index is 1210. The van der Waals surface area contributed by atoms with Crippen LogP contribution in [-0.4, -0.2) is 20.9 Å². The highest BCUT2D eigenvalue weighted by Gasteiger charge is 2.22. The number of ether oxygens (including phenoxy) is 1. The van der Waals surface area contributed by atoms with Gasteiger partial charge in [0, 0.05) is 11.1 Å². The number of rotatable bonds is 6. The molecule has 0 aliphatic heterocycles.